The van der Waals surface area contributed by atoms with Crippen molar-refractivity contribution in [3.05, 3.63) is 29.1 Å². The Morgan fingerprint density at radius 2 is 2.27 bits per heavy atom. The number of hydrogen-bond acceptors (Lipinski definition) is 2. The Kier molecular flexibility index (Phi) is 3.96. The predicted octanol–water partition coefficient (Wildman–Crippen LogP) is 2.39. The van der Waals surface area contributed by atoms with Gasteiger partial charge in [0, 0.05) is 11.8 Å². The van der Waals surface area contributed by atoms with Crippen LogP contribution in [0.5, 0.6) is 0 Å². The number of carbonyl (C=O) groups is 1. The fraction of sp³-hybridized carbons (Fsp3) is 0.333. The molecule has 1 aromatic heterocycles. The standard InChI is InChI=1S/C9H8ClF2NO2/c10-3-6-2-7(9(11)12)5(4-13-6)1-8(14)15/h2,4,9H,1,3H2,(H,14,15). The van der Waals surface area contributed by atoms with Gasteiger partial charge >= 0.3 is 5.97 Å². The molecule has 1 heterocycles. The summed E-state index contributed by atoms with van der Waals surface area (Å²) >= 11 is 5.44. The Morgan fingerprint density at radius 1 is 1.60 bits per heavy atom. The molecule has 1 N–H and O–H groups in total. The molecular formula is C9H8ClF2NO2. The number of aromatic nitrogens is 1. The summed E-state index contributed by atoms with van der Waals surface area (Å²) in [5.74, 6) is -1.15. The number of nitrogens with zero attached hydrogens (tertiary/aromatic N) is 1. The number of pyridine rings is 1. The zero-order chi connectivity index (χ0) is 11.4. The third-order valence-electron chi connectivity index (χ3n) is 1.79. The van der Waals surface area contributed by atoms with Gasteiger partial charge in [0.2, 0.25) is 0 Å². The molecule has 0 aliphatic carbocycles. The molecule has 0 aromatic carbocycles. The van der Waals surface area contributed by atoms with E-state index in [2.05, 4.69) is 4.98 Å². The number of carboxylic acids is 1. The van der Waals surface area contributed by atoms with Gasteiger partial charge in [0.25, 0.3) is 6.43 Å². The van der Waals surface area contributed by atoms with Crippen LogP contribution in [0.1, 0.15) is 23.2 Å². The highest BCUT2D eigenvalue weighted by atomic mass is 35.5. The minimum Gasteiger partial charge on any atom is -0.481 e. The molecule has 0 atom stereocenters. The number of carboxylic acid groups (broad SMARTS) is 1. The van der Waals surface area contributed by atoms with Gasteiger partial charge in [-0.15, -0.1) is 11.6 Å². The number of rotatable bonds is 4. The molecule has 1 aromatic rings. The van der Waals surface area contributed by atoms with Gasteiger partial charge < -0.3 is 5.11 Å². The highest BCUT2D eigenvalue weighted by Gasteiger charge is 2.16. The summed E-state index contributed by atoms with van der Waals surface area (Å²) in [5, 5.41) is 8.50. The minimum absolute atomic E-state index is 0.0198. The number of alkyl halides is 3. The second kappa shape index (κ2) is 5.02. The summed E-state index contributed by atoms with van der Waals surface area (Å²) in [6.45, 7) is 0. The molecule has 0 fully saturated rings. The highest BCUT2D eigenvalue weighted by molar-refractivity contribution is 6.16. The summed E-state index contributed by atoms with van der Waals surface area (Å²) in [6.07, 6.45) is -2.05. The van der Waals surface area contributed by atoms with Crippen molar-refractivity contribution >= 4 is 17.6 Å². The van der Waals surface area contributed by atoms with E-state index in [1.807, 2.05) is 0 Å². The van der Waals surface area contributed by atoms with Gasteiger partial charge in [-0.1, -0.05) is 0 Å². The monoisotopic (exact) mass is 235 g/mol. The second-order valence-corrected chi connectivity index (χ2v) is 3.15. The molecule has 0 saturated carbocycles. The van der Waals surface area contributed by atoms with Crippen LogP contribution in [0.25, 0.3) is 0 Å². The lowest BCUT2D eigenvalue weighted by Gasteiger charge is -2.07. The Labute approximate surface area is 89.7 Å². The molecule has 0 unspecified atom stereocenters. The largest absolute Gasteiger partial charge is 0.481 e. The van der Waals surface area contributed by atoms with Gasteiger partial charge in [-0.2, -0.15) is 0 Å². The average Bonchev–Trinajstić information content (AvgIpc) is 2.17. The van der Waals surface area contributed by atoms with E-state index < -0.39 is 18.8 Å². The first-order chi connectivity index (χ1) is 7.04. The van der Waals surface area contributed by atoms with E-state index >= 15 is 0 Å². The SMILES string of the molecule is O=C(O)Cc1cnc(CCl)cc1C(F)F. The lowest BCUT2D eigenvalue weighted by molar-refractivity contribution is -0.136. The third kappa shape index (κ3) is 3.13. The van der Waals surface area contributed by atoms with E-state index in [0.29, 0.717) is 5.69 Å². The zero-order valence-electron chi connectivity index (χ0n) is 7.58. The van der Waals surface area contributed by atoms with E-state index in [1.54, 1.807) is 0 Å². The molecular weight excluding hydrogens is 228 g/mol. The van der Waals surface area contributed by atoms with Crippen LogP contribution < -0.4 is 0 Å². The summed E-state index contributed by atoms with van der Waals surface area (Å²) in [7, 11) is 0. The first kappa shape index (κ1) is 11.8. The molecule has 3 nitrogen and oxygen atoms in total. The molecule has 0 aliphatic heterocycles. The fourth-order valence-electron chi connectivity index (χ4n) is 1.13. The predicted molar refractivity (Wildman–Crippen MR) is 50.1 cm³/mol. The molecule has 82 valence electrons. The summed E-state index contributed by atoms with van der Waals surface area (Å²) in [5.41, 5.74) is 0.00974. The van der Waals surface area contributed by atoms with Crippen molar-refractivity contribution in [1.82, 2.24) is 4.98 Å². The van der Waals surface area contributed by atoms with E-state index in [-0.39, 0.29) is 17.0 Å². The molecule has 0 radical (unpaired) electrons. The van der Waals surface area contributed by atoms with Crippen molar-refractivity contribution in [3.63, 3.8) is 0 Å². The third-order valence-corrected chi connectivity index (χ3v) is 2.07. The van der Waals surface area contributed by atoms with Gasteiger partial charge in [-0.25, -0.2) is 8.78 Å². The first-order valence-electron chi connectivity index (χ1n) is 4.08. The quantitative estimate of drug-likeness (QED) is 0.816. The van der Waals surface area contributed by atoms with Crippen LogP contribution in [0.2, 0.25) is 0 Å². The maximum Gasteiger partial charge on any atom is 0.307 e. The smallest absolute Gasteiger partial charge is 0.307 e. The molecule has 0 aliphatic rings. The molecule has 15 heavy (non-hydrogen) atoms. The Bertz CT molecular complexity index is 371. The second-order valence-electron chi connectivity index (χ2n) is 2.88. The van der Waals surface area contributed by atoms with Crippen LogP contribution in [-0.2, 0) is 17.1 Å². The van der Waals surface area contributed by atoms with Crippen molar-refractivity contribution < 1.29 is 18.7 Å². The topological polar surface area (TPSA) is 50.2 Å². The number of hydrogen-bond donors (Lipinski definition) is 1. The molecule has 0 bridgehead atoms. The van der Waals surface area contributed by atoms with Gasteiger partial charge in [-0.3, -0.25) is 9.78 Å². The van der Waals surface area contributed by atoms with Gasteiger partial charge in [0.1, 0.15) is 0 Å². The number of aliphatic carboxylic acids is 1. The maximum atomic E-state index is 12.5. The summed E-state index contributed by atoms with van der Waals surface area (Å²) in [6, 6.07) is 1.13. The van der Waals surface area contributed by atoms with E-state index in [1.165, 1.54) is 0 Å². The molecule has 0 amide bonds. The average molecular weight is 236 g/mol. The van der Waals surface area contributed by atoms with E-state index in [9.17, 15) is 13.6 Å². The maximum absolute atomic E-state index is 12.5. The van der Waals surface area contributed by atoms with Gasteiger partial charge in [-0.05, 0) is 11.6 Å². The highest BCUT2D eigenvalue weighted by Crippen LogP contribution is 2.24. The van der Waals surface area contributed by atoms with Crippen molar-refractivity contribution in [2.24, 2.45) is 0 Å². The van der Waals surface area contributed by atoms with Crippen molar-refractivity contribution in [1.29, 1.82) is 0 Å². The minimum atomic E-state index is -2.72. The van der Waals surface area contributed by atoms with Crippen LogP contribution in [-0.4, -0.2) is 16.1 Å². The zero-order valence-corrected chi connectivity index (χ0v) is 8.34. The lowest BCUT2D eigenvalue weighted by atomic mass is 10.1. The number of halogens is 3. The van der Waals surface area contributed by atoms with Crippen LogP contribution in [0.15, 0.2) is 12.3 Å². The molecule has 0 saturated heterocycles. The summed E-state index contributed by atoms with van der Waals surface area (Å²) < 4.78 is 25.1. The van der Waals surface area contributed by atoms with Gasteiger partial charge in [0.15, 0.2) is 0 Å². The van der Waals surface area contributed by atoms with Crippen molar-refractivity contribution in [2.75, 3.05) is 0 Å². The van der Waals surface area contributed by atoms with Crippen molar-refractivity contribution in [3.8, 4) is 0 Å². The van der Waals surface area contributed by atoms with Crippen LogP contribution in [0, 0.1) is 0 Å². The molecule has 6 heteroatoms. The first-order valence-corrected chi connectivity index (χ1v) is 4.61. The van der Waals surface area contributed by atoms with E-state index in [0.717, 1.165) is 12.3 Å². The lowest BCUT2D eigenvalue weighted by Crippen LogP contribution is -2.05. The Balaban J connectivity index is 3.09. The summed E-state index contributed by atoms with van der Waals surface area (Å²) in [4.78, 5) is 14.2. The molecule has 0 spiro atoms. The molecule has 1 rings (SSSR count). The van der Waals surface area contributed by atoms with Crippen LogP contribution >= 0.6 is 11.6 Å². The van der Waals surface area contributed by atoms with Crippen LogP contribution in [0.3, 0.4) is 0 Å². The fourth-order valence-corrected chi connectivity index (χ4v) is 1.28. The van der Waals surface area contributed by atoms with Gasteiger partial charge in [0.05, 0.1) is 18.0 Å². The van der Waals surface area contributed by atoms with E-state index in [4.69, 9.17) is 16.7 Å². The van der Waals surface area contributed by atoms with Crippen LogP contribution in [0.4, 0.5) is 8.78 Å². The van der Waals surface area contributed by atoms with Crippen molar-refractivity contribution in [2.45, 2.75) is 18.7 Å². The normalized spacial score (nSPS) is 10.7. The Morgan fingerprint density at radius 3 is 2.73 bits per heavy atom. The Hall–Kier alpha value is -1.23.